The van der Waals surface area contributed by atoms with E-state index in [4.69, 9.17) is 10.5 Å². The van der Waals surface area contributed by atoms with Crippen LogP contribution in [-0.4, -0.2) is 37.2 Å². The van der Waals surface area contributed by atoms with Gasteiger partial charge in [-0.2, -0.15) is 0 Å². The van der Waals surface area contributed by atoms with Crippen LogP contribution in [0, 0.1) is 11.3 Å². The van der Waals surface area contributed by atoms with Gasteiger partial charge in [0.05, 0.1) is 12.7 Å². The highest BCUT2D eigenvalue weighted by Crippen LogP contribution is 2.39. The highest BCUT2D eigenvalue weighted by Gasteiger charge is 2.37. The molecule has 0 radical (unpaired) electrons. The summed E-state index contributed by atoms with van der Waals surface area (Å²) in [6.45, 7) is 8.81. The number of aliphatic hydroxyl groups is 1. The van der Waals surface area contributed by atoms with Crippen molar-refractivity contribution in [2.75, 3.05) is 6.61 Å². The molecule has 3 N–H and O–H groups in total. The van der Waals surface area contributed by atoms with Crippen molar-refractivity contribution in [2.45, 2.75) is 64.6 Å². The minimum absolute atomic E-state index is 0.0187. The van der Waals surface area contributed by atoms with Crippen molar-refractivity contribution < 1.29 is 9.84 Å². The first-order chi connectivity index (χ1) is 7.63. The molecule has 17 heavy (non-hydrogen) atoms. The maximum absolute atomic E-state index is 9.33. The average Bonchev–Trinajstić information content (AvgIpc) is 2.40. The SMILES string of the molecule is B[C@H]1C[C@H](CC(C)(C)CC(C)(C)N)[C@@H](CO)O1. The first-order valence-electron chi connectivity index (χ1n) is 6.68. The molecule has 0 aliphatic carbocycles. The van der Waals surface area contributed by atoms with Crippen molar-refractivity contribution in [3.05, 3.63) is 0 Å². The van der Waals surface area contributed by atoms with Crippen molar-refractivity contribution in [3.8, 4) is 0 Å². The minimum Gasteiger partial charge on any atom is -0.394 e. The maximum Gasteiger partial charge on any atom is 0.139 e. The summed E-state index contributed by atoms with van der Waals surface area (Å²) in [5.41, 5.74) is 6.17. The Bertz CT molecular complexity index is 250. The molecule has 0 amide bonds. The largest absolute Gasteiger partial charge is 0.394 e. The van der Waals surface area contributed by atoms with Gasteiger partial charge in [0.2, 0.25) is 0 Å². The molecule has 1 heterocycles. The predicted molar refractivity (Wildman–Crippen MR) is 73.7 cm³/mol. The van der Waals surface area contributed by atoms with Gasteiger partial charge in [-0.3, -0.25) is 0 Å². The summed E-state index contributed by atoms with van der Waals surface area (Å²) in [4.78, 5) is 0. The Morgan fingerprint density at radius 1 is 1.35 bits per heavy atom. The van der Waals surface area contributed by atoms with Crippen LogP contribution in [0.1, 0.15) is 47.0 Å². The van der Waals surface area contributed by atoms with Crippen LogP contribution in [0.4, 0.5) is 0 Å². The van der Waals surface area contributed by atoms with Crippen molar-refractivity contribution in [1.82, 2.24) is 0 Å². The first-order valence-corrected chi connectivity index (χ1v) is 6.68. The Kier molecular flexibility index (Phi) is 4.67. The lowest BCUT2D eigenvalue weighted by molar-refractivity contribution is 0.0171. The molecule has 1 saturated heterocycles. The van der Waals surface area contributed by atoms with Crippen molar-refractivity contribution in [3.63, 3.8) is 0 Å². The number of rotatable bonds is 5. The summed E-state index contributed by atoms with van der Waals surface area (Å²) >= 11 is 0. The molecule has 0 aromatic heterocycles. The molecule has 3 atom stereocenters. The fourth-order valence-electron chi connectivity index (χ4n) is 3.47. The monoisotopic (exact) mass is 241 g/mol. The molecule has 100 valence electrons. The number of hydrogen-bond donors (Lipinski definition) is 2. The zero-order chi connectivity index (χ0) is 13.3. The van der Waals surface area contributed by atoms with Crippen LogP contribution in [0.3, 0.4) is 0 Å². The zero-order valence-electron chi connectivity index (χ0n) is 12.0. The Hall–Kier alpha value is -0.0551. The van der Waals surface area contributed by atoms with Gasteiger partial charge in [-0.1, -0.05) is 13.8 Å². The Labute approximate surface area is 107 Å². The van der Waals surface area contributed by atoms with Gasteiger partial charge in [0, 0.05) is 11.5 Å². The summed E-state index contributed by atoms with van der Waals surface area (Å²) in [5.74, 6) is 0.465. The highest BCUT2D eigenvalue weighted by atomic mass is 16.5. The minimum atomic E-state index is -0.136. The molecule has 0 spiro atoms. The third-order valence-corrected chi connectivity index (χ3v) is 3.50. The van der Waals surface area contributed by atoms with E-state index in [0.717, 1.165) is 19.3 Å². The topological polar surface area (TPSA) is 55.5 Å². The third kappa shape index (κ3) is 4.98. The molecule has 0 aromatic carbocycles. The molecule has 0 bridgehead atoms. The second-order valence-corrected chi connectivity index (χ2v) is 7.20. The van der Waals surface area contributed by atoms with Gasteiger partial charge in [0.1, 0.15) is 7.85 Å². The van der Waals surface area contributed by atoms with E-state index in [2.05, 4.69) is 35.5 Å². The summed E-state index contributed by atoms with van der Waals surface area (Å²) in [5, 5.41) is 9.33. The van der Waals surface area contributed by atoms with E-state index in [9.17, 15) is 5.11 Å². The quantitative estimate of drug-likeness (QED) is 0.703. The molecule has 3 nitrogen and oxygen atoms in total. The van der Waals surface area contributed by atoms with Crippen LogP contribution >= 0.6 is 0 Å². The predicted octanol–water partition coefficient (Wildman–Crippen LogP) is 0.887. The van der Waals surface area contributed by atoms with E-state index in [0.29, 0.717) is 5.92 Å². The number of nitrogens with two attached hydrogens (primary N) is 1. The molecule has 1 aliphatic rings. The van der Waals surface area contributed by atoms with E-state index in [-0.39, 0.29) is 29.7 Å². The van der Waals surface area contributed by atoms with Gasteiger partial charge in [-0.25, -0.2) is 0 Å². The lowest BCUT2D eigenvalue weighted by Crippen LogP contribution is -2.38. The fourth-order valence-corrected chi connectivity index (χ4v) is 3.47. The molecule has 1 rings (SSSR count). The van der Waals surface area contributed by atoms with Gasteiger partial charge in [-0.15, -0.1) is 0 Å². The normalized spacial score (nSPS) is 30.8. The van der Waals surface area contributed by atoms with E-state index >= 15 is 0 Å². The van der Waals surface area contributed by atoms with Crippen LogP contribution in [0.15, 0.2) is 0 Å². The summed E-state index contributed by atoms with van der Waals surface area (Å²) in [6.07, 6.45) is 3.14. The maximum atomic E-state index is 9.33. The second kappa shape index (κ2) is 5.29. The van der Waals surface area contributed by atoms with Gasteiger partial charge >= 0.3 is 0 Å². The lowest BCUT2D eigenvalue weighted by atomic mass is 9.72. The van der Waals surface area contributed by atoms with Crippen LogP contribution in [0.2, 0.25) is 0 Å². The lowest BCUT2D eigenvalue weighted by Gasteiger charge is -2.35. The number of hydrogen-bond acceptors (Lipinski definition) is 3. The second-order valence-electron chi connectivity index (χ2n) is 7.20. The summed E-state index contributed by atoms with van der Waals surface area (Å²) in [7, 11) is 2.09. The van der Waals surface area contributed by atoms with E-state index in [1.807, 2.05) is 0 Å². The van der Waals surface area contributed by atoms with Gasteiger partial charge < -0.3 is 15.6 Å². The number of ether oxygens (including phenoxy) is 1. The molecule has 1 aliphatic heterocycles. The average molecular weight is 241 g/mol. The standard InChI is InChI=1S/C13H28BNO2/c1-12(2,8-13(3,4)15)6-9-5-11(14)17-10(9)7-16/h9-11,16H,5-8,14-15H2,1-4H3/t9-,10-,11-/m1/s1. The van der Waals surface area contributed by atoms with Crippen molar-refractivity contribution in [1.29, 1.82) is 0 Å². The van der Waals surface area contributed by atoms with E-state index < -0.39 is 0 Å². The van der Waals surface area contributed by atoms with Crippen LogP contribution in [0.25, 0.3) is 0 Å². The van der Waals surface area contributed by atoms with Gasteiger partial charge in [0.25, 0.3) is 0 Å². The number of aliphatic hydroxyl groups excluding tert-OH is 1. The molecule has 1 fully saturated rings. The Balaban J connectivity index is 2.57. The molecule has 4 heteroatoms. The summed E-state index contributed by atoms with van der Waals surface area (Å²) < 4.78 is 5.72. The van der Waals surface area contributed by atoms with Gasteiger partial charge in [0.15, 0.2) is 0 Å². The smallest absolute Gasteiger partial charge is 0.139 e. The Morgan fingerprint density at radius 2 is 1.94 bits per heavy atom. The molecular formula is C13H28BNO2. The molecular weight excluding hydrogens is 213 g/mol. The molecule has 0 saturated carbocycles. The fraction of sp³-hybridized carbons (Fsp3) is 1.00. The van der Waals surface area contributed by atoms with Crippen LogP contribution in [-0.2, 0) is 4.74 Å². The summed E-state index contributed by atoms with van der Waals surface area (Å²) in [6, 6.07) is 0.277. The zero-order valence-corrected chi connectivity index (χ0v) is 12.0. The van der Waals surface area contributed by atoms with Crippen molar-refractivity contribution >= 4 is 7.85 Å². The van der Waals surface area contributed by atoms with Crippen LogP contribution < -0.4 is 5.73 Å². The van der Waals surface area contributed by atoms with Gasteiger partial charge in [-0.05, 0) is 44.4 Å². The molecule has 0 aromatic rings. The van der Waals surface area contributed by atoms with Crippen LogP contribution in [0.5, 0.6) is 0 Å². The van der Waals surface area contributed by atoms with E-state index in [1.54, 1.807) is 0 Å². The molecule has 0 unspecified atom stereocenters. The van der Waals surface area contributed by atoms with Crippen molar-refractivity contribution in [2.24, 2.45) is 17.1 Å². The Morgan fingerprint density at radius 3 is 2.41 bits per heavy atom. The first kappa shape index (κ1) is 15.0. The third-order valence-electron chi connectivity index (χ3n) is 3.50. The van der Waals surface area contributed by atoms with E-state index in [1.165, 1.54) is 0 Å². The highest BCUT2D eigenvalue weighted by molar-refractivity contribution is 6.11.